The number of carbonyl (C=O) groups is 2. The second-order valence-electron chi connectivity index (χ2n) is 8.64. The van der Waals surface area contributed by atoms with E-state index in [4.69, 9.17) is 23.7 Å². The fourth-order valence-electron chi connectivity index (χ4n) is 3.38. The first-order valence-electron chi connectivity index (χ1n) is 11.1. The highest BCUT2D eigenvalue weighted by Gasteiger charge is 2.25. The Morgan fingerprint density at radius 2 is 1.53 bits per heavy atom. The number of ether oxygens (including phenoxy) is 5. The Hall–Kier alpha value is -3.26. The Morgan fingerprint density at radius 1 is 0.941 bits per heavy atom. The smallest absolute Gasteiger partial charge is 0.408 e. The first-order chi connectivity index (χ1) is 16.1. The van der Waals surface area contributed by atoms with E-state index in [2.05, 4.69) is 5.32 Å². The van der Waals surface area contributed by atoms with E-state index in [1.54, 1.807) is 35.0 Å². The quantitative estimate of drug-likeness (QED) is 0.507. The van der Waals surface area contributed by atoms with E-state index in [9.17, 15) is 9.59 Å². The van der Waals surface area contributed by atoms with Gasteiger partial charge in [-0.25, -0.2) is 9.59 Å². The molecule has 0 spiro atoms. The van der Waals surface area contributed by atoms with Crippen molar-refractivity contribution in [3.8, 4) is 22.6 Å². The van der Waals surface area contributed by atoms with Crippen molar-refractivity contribution in [3.63, 3.8) is 0 Å². The van der Waals surface area contributed by atoms with Crippen molar-refractivity contribution in [1.82, 2.24) is 5.32 Å². The van der Waals surface area contributed by atoms with E-state index in [1.807, 2.05) is 43.3 Å². The van der Waals surface area contributed by atoms with E-state index >= 15 is 0 Å². The van der Waals surface area contributed by atoms with Gasteiger partial charge in [0.15, 0.2) is 0 Å². The highest BCUT2D eigenvalue weighted by Crippen LogP contribution is 2.40. The summed E-state index contributed by atoms with van der Waals surface area (Å²) in [6.07, 6.45) is -0.436. The number of carbonyl (C=O) groups excluding carboxylic acids is 2. The maximum atomic E-state index is 12.2. The van der Waals surface area contributed by atoms with Gasteiger partial charge in [0.25, 0.3) is 0 Å². The molecule has 0 aliphatic heterocycles. The van der Waals surface area contributed by atoms with Crippen LogP contribution in [0.5, 0.6) is 11.5 Å². The standard InChI is InChI=1S/C26H35NO7/c1-8-33-16-18-14-21(30-5)23(22(15-18)31-6)19-11-9-17(10-12-19)13-20(24(28)32-7)27-25(29)34-26(2,3)4/h9-12,14-15,20H,8,13,16H2,1-7H3,(H,27,29)/t20-/m0/s1. The first-order valence-corrected chi connectivity index (χ1v) is 11.1. The predicted octanol–water partition coefficient (Wildman–Crippen LogP) is 4.52. The molecule has 0 radical (unpaired) electrons. The molecule has 0 aromatic heterocycles. The molecule has 1 atom stereocenters. The fourth-order valence-corrected chi connectivity index (χ4v) is 3.38. The van der Waals surface area contributed by atoms with Crippen molar-refractivity contribution in [2.45, 2.75) is 52.4 Å². The van der Waals surface area contributed by atoms with Crippen molar-refractivity contribution in [2.75, 3.05) is 27.9 Å². The van der Waals surface area contributed by atoms with Crippen LogP contribution in [0.2, 0.25) is 0 Å². The summed E-state index contributed by atoms with van der Waals surface area (Å²) in [6, 6.07) is 10.6. The normalized spacial score (nSPS) is 12.0. The molecule has 0 saturated heterocycles. The molecule has 0 unspecified atom stereocenters. The van der Waals surface area contributed by atoms with E-state index in [0.29, 0.717) is 24.7 Å². The van der Waals surface area contributed by atoms with Gasteiger partial charge in [0.1, 0.15) is 23.1 Å². The summed E-state index contributed by atoms with van der Waals surface area (Å²) in [5.74, 6) is 0.782. The van der Waals surface area contributed by atoms with Gasteiger partial charge in [0.05, 0.1) is 33.5 Å². The molecule has 2 aromatic carbocycles. The molecular formula is C26H35NO7. The molecule has 34 heavy (non-hydrogen) atoms. The lowest BCUT2D eigenvalue weighted by molar-refractivity contribution is -0.143. The maximum absolute atomic E-state index is 12.2. The average Bonchev–Trinajstić information content (AvgIpc) is 2.80. The molecular weight excluding hydrogens is 438 g/mol. The molecule has 1 amide bonds. The summed E-state index contributed by atoms with van der Waals surface area (Å²) >= 11 is 0. The average molecular weight is 474 g/mol. The van der Waals surface area contributed by atoms with Gasteiger partial charge in [-0.2, -0.15) is 0 Å². The highest BCUT2D eigenvalue weighted by molar-refractivity contribution is 5.82. The van der Waals surface area contributed by atoms with Crippen LogP contribution in [0, 0.1) is 0 Å². The Bertz CT molecular complexity index is 939. The molecule has 0 bridgehead atoms. The third-order valence-electron chi connectivity index (χ3n) is 4.90. The van der Waals surface area contributed by atoms with Crippen LogP contribution < -0.4 is 14.8 Å². The summed E-state index contributed by atoms with van der Waals surface area (Å²) in [7, 11) is 4.50. The van der Waals surface area contributed by atoms with Crippen LogP contribution in [0.25, 0.3) is 11.1 Å². The Labute approximate surface area is 201 Å². The highest BCUT2D eigenvalue weighted by atomic mass is 16.6. The number of methoxy groups -OCH3 is 3. The molecule has 0 aliphatic carbocycles. The number of alkyl carbamates (subject to hydrolysis) is 1. The Kier molecular flexibility index (Phi) is 9.74. The molecule has 0 heterocycles. The van der Waals surface area contributed by atoms with E-state index in [0.717, 1.165) is 22.3 Å². The Balaban J connectivity index is 2.27. The first kappa shape index (κ1) is 27.0. The SMILES string of the molecule is CCOCc1cc(OC)c(-c2ccc(C[C@H](NC(=O)OC(C)(C)C)C(=O)OC)cc2)c(OC)c1. The number of esters is 1. The van der Waals surface area contributed by atoms with Crippen LogP contribution >= 0.6 is 0 Å². The van der Waals surface area contributed by atoms with E-state index in [-0.39, 0.29) is 6.42 Å². The minimum atomic E-state index is -0.882. The van der Waals surface area contributed by atoms with Crippen LogP contribution in [0.1, 0.15) is 38.8 Å². The molecule has 8 nitrogen and oxygen atoms in total. The third kappa shape index (κ3) is 7.66. The summed E-state index contributed by atoms with van der Waals surface area (Å²) in [5, 5.41) is 2.59. The largest absolute Gasteiger partial charge is 0.496 e. The monoisotopic (exact) mass is 473 g/mol. The maximum Gasteiger partial charge on any atom is 0.408 e. The zero-order valence-corrected chi connectivity index (χ0v) is 21.0. The zero-order valence-electron chi connectivity index (χ0n) is 21.0. The molecule has 2 rings (SSSR count). The van der Waals surface area contributed by atoms with Gasteiger partial charge in [0.2, 0.25) is 0 Å². The molecule has 0 aliphatic rings. The number of nitrogens with one attached hydrogen (secondary N) is 1. The molecule has 186 valence electrons. The summed E-state index contributed by atoms with van der Waals surface area (Å²) in [4.78, 5) is 24.4. The van der Waals surface area contributed by atoms with Gasteiger partial charge in [-0.15, -0.1) is 0 Å². The molecule has 8 heteroatoms. The van der Waals surface area contributed by atoms with Gasteiger partial charge in [0, 0.05) is 13.0 Å². The minimum Gasteiger partial charge on any atom is -0.496 e. The number of hydrogen-bond donors (Lipinski definition) is 1. The van der Waals surface area contributed by atoms with Gasteiger partial charge < -0.3 is 29.0 Å². The van der Waals surface area contributed by atoms with Gasteiger partial charge in [-0.3, -0.25) is 0 Å². The Morgan fingerprint density at radius 3 is 2.00 bits per heavy atom. The number of benzene rings is 2. The second-order valence-corrected chi connectivity index (χ2v) is 8.64. The summed E-state index contributed by atoms with van der Waals surface area (Å²) in [6.45, 7) is 8.28. The second kappa shape index (κ2) is 12.3. The zero-order chi connectivity index (χ0) is 25.3. The lowest BCUT2D eigenvalue weighted by Crippen LogP contribution is -2.45. The number of rotatable bonds is 10. The van der Waals surface area contributed by atoms with Crippen LogP contribution in [0.15, 0.2) is 36.4 Å². The van der Waals surface area contributed by atoms with Crippen molar-refractivity contribution in [3.05, 3.63) is 47.5 Å². The van der Waals surface area contributed by atoms with Crippen LogP contribution in [-0.2, 0) is 32.0 Å². The van der Waals surface area contributed by atoms with Crippen molar-refractivity contribution < 1.29 is 33.3 Å². The number of hydrogen-bond acceptors (Lipinski definition) is 7. The van der Waals surface area contributed by atoms with Crippen LogP contribution in [0.4, 0.5) is 4.79 Å². The van der Waals surface area contributed by atoms with Crippen molar-refractivity contribution >= 4 is 12.1 Å². The van der Waals surface area contributed by atoms with E-state index < -0.39 is 23.7 Å². The van der Waals surface area contributed by atoms with Gasteiger partial charge >= 0.3 is 12.1 Å². The summed E-state index contributed by atoms with van der Waals surface area (Å²) in [5.41, 5.74) is 2.80. The van der Waals surface area contributed by atoms with Crippen molar-refractivity contribution in [1.29, 1.82) is 0 Å². The van der Waals surface area contributed by atoms with Crippen LogP contribution in [-0.4, -0.2) is 51.6 Å². The lowest BCUT2D eigenvalue weighted by Gasteiger charge is -2.22. The number of amides is 1. The van der Waals surface area contributed by atoms with Gasteiger partial charge in [-0.05, 0) is 56.5 Å². The molecule has 0 saturated carbocycles. The third-order valence-corrected chi connectivity index (χ3v) is 4.90. The van der Waals surface area contributed by atoms with E-state index in [1.165, 1.54) is 7.11 Å². The predicted molar refractivity (Wildman–Crippen MR) is 129 cm³/mol. The molecule has 1 N–H and O–H groups in total. The van der Waals surface area contributed by atoms with Crippen LogP contribution in [0.3, 0.4) is 0 Å². The van der Waals surface area contributed by atoms with Crippen molar-refractivity contribution in [2.24, 2.45) is 0 Å². The molecule has 2 aromatic rings. The summed E-state index contributed by atoms with van der Waals surface area (Å²) < 4.78 is 26.9. The minimum absolute atomic E-state index is 0.244. The topological polar surface area (TPSA) is 92.3 Å². The van der Waals surface area contributed by atoms with Gasteiger partial charge in [-0.1, -0.05) is 24.3 Å². The molecule has 0 fully saturated rings. The fraction of sp³-hybridized carbons (Fsp3) is 0.462. The lowest BCUT2D eigenvalue weighted by atomic mass is 9.98.